The van der Waals surface area contributed by atoms with E-state index in [1.807, 2.05) is 0 Å². The molecule has 0 bridgehead atoms. The van der Waals surface area contributed by atoms with Crippen LogP contribution in [0.2, 0.25) is 5.02 Å². The molecule has 1 aromatic carbocycles. The van der Waals surface area contributed by atoms with Gasteiger partial charge in [0.1, 0.15) is 5.82 Å². The summed E-state index contributed by atoms with van der Waals surface area (Å²) in [5, 5.41) is 0.0816. The SMILES string of the molecule is N[C@H](CC(F)F)c1c(F)cccc1Cl. The molecule has 0 heterocycles. The maximum atomic E-state index is 13.1. The van der Waals surface area contributed by atoms with Crippen LogP contribution in [0, 0.1) is 5.82 Å². The quantitative estimate of drug-likeness (QED) is 0.837. The van der Waals surface area contributed by atoms with Crippen LogP contribution < -0.4 is 5.73 Å². The summed E-state index contributed by atoms with van der Waals surface area (Å²) in [5.74, 6) is -0.648. The van der Waals surface area contributed by atoms with Gasteiger partial charge in [-0.25, -0.2) is 13.2 Å². The average Bonchev–Trinajstić information content (AvgIpc) is 2.01. The molecule has 1 atom stereocenters. The second-order valence-electron chi connectivity index (χ2n) is 2.87. The predicted octanol–water partition coefficient (Wildman–Crippen LogP) is 3.13. The molecule has 0 aliphatic rings. The van der Waals surface area contributed by atoms with Gasteiger partial charge in [-0.05, 0) is 12.1 Å². The Kier molecular flexibility index (Phi) is 3.77. The molecule has 78 valence electrons. The molecule has 0 saturated carbocycles. The van der Waals surface area contributed by atoms with Gasteiger partial charge in [-0.1, -0.05) is 17.7 Å². The van der Waals surface area contributed by atoms with Gasteiger partial charge in [0.2, 0.25) is 6.43 Å². The minimum absolute atomic E-state index is 0.0468. The molecule has 2 N–H and O–H groups in total. The molecule has 5 heteroatoms. The van der Waals surface area contributed by atoms with Crippen molar-refractivity contribution in [3.05, 3.63) is 34.6 Å². The van der Waals surface area contributed by atoms with Crippen LogP contribution in [0.25, 0.3) is 0 Å². The van der Waals surface area contributed by atoms with E-state index < -0.39 is 24.7 Å². The van der Waals surface area contributed by atoms with Crippen LogP contribution in [-0.2, 0) is 0 Å². The number of rotatable bonds is 3. The van der Waals surface area contributed by atoms with E-state index in [1.165, 1.54) is 12.1 Å². The van der Waals surface area contributed by atoms with Gasteiger partial charge in [0, 0.05) is 23.0 Å². The maximum absolute atomic E-state index is 13.1. The van der Waals surface area contributed by atoms with Gasteiger partial charge >= 0.3 is 0 Å². The first-order valence-corrected chi connectivity index (χ1v) is 4.37. The fourth-order valence-electron chi connectivity index (χ4n) is 1.17. The van der Waals surface area contributed by atoms with Crippen LogP contribution in [0.5, 0.6) is 0 Å². The molecule has 0 amide bonds. The molecule has 1 rings (SSSR count). The van der Waals surface area contributed by atoms with Crippen molar-refractivity contribution in [2.24, 2.45) is 5.73 Å². The summed E-state index contributed by atoms with van der Waals surface area (Å²) in [6, 6.07) is 2.90. The highest BCUT2D eigenvalue weighted by molar-refractivity contribution is 6.31. The number of nitrogens with two attached hydrogens (primary N) is 1. The number of hydrogen-bond acceptors (Lipinski definition) is 1. The van der Waals surface area contributed by atoms with Crippen molar-refractivity contribution in [1.82, 2.24) is 0 Å². The first-order valence-electron chi connectivity index (χ1n) is 4.00. The second kappa shape index (κ2) is 4.66. The van der Waals surface area contributed by atoms with Crippen LogP contribution >= 0.6 is 11.6 Å². The minimum atomic E-state index is -2.57. The average molecular weight is 224 g/mol. The Morgan fingerprint density at radius 3 is 2.50 bits per heavy atom. The summed E-state index contributed by atoms with van der Waals surface area (Å²) in [5.41, 5.74) is 5.35. The van der Waals surface area contributed by atoms with Crippen molar-refractivity contribution >= 4 is 11.6 Å². The van der Waals surface area contributed by atoms with E-state index >= 15 is 0 Å². The molecule has 0 radical (unpaired) electrons. The molecule has 0 aromatic heterocycles. The summed E-state index contributed by atoms with van der Waals surface area (Å²) in [7, 11) is 0. The Labute approximate surface area is 84.7 Å². The Morgan fingerprint density at radius 1 is 1.36 bits per heavy atom. The standard InChI is InChI=1S/C9H9ClF3N/c10-5-2-1-3-6(11)9(5)7(14)4-8(12)13/h1-3,7-8H,4,14H2/t7-/m1/s1. The van der Waals surface area contributed by atoms with E-state index in [2.05, 4.69) is 0 Å². The van der Waals surface area contributed by atoms with E-state index in [0.717, 1.165) is 6.07 Å². The van der Waals surface area contributed by atoms with E-state index in [1.54, 1.807) is 0 Å². The number of halogens is 4. The Hall–Kier alpha value is -0.740. The van der Waals surface area contributed by atoms with Crippen LogP contribution in [0.1, 0.15) is 18.0 Å². The molecular weight excluding hydrogens is 215 g/mol. The van der Waals surface area contributed by atoms with Gasteiger partial charge in [-0.15, -0.1) is 0 Å². The highest BCUT2D eigenvalue weighted by Gasteiger charge is 2.18. The smallest absolute Gasteiger partial charge is 0.240 e. The molecule has 0 aliphatic heterocycles. The number of benzene rings is 1. The summed E-state index contributed by atoms with van der Waals surface area (Å²) in [6.07, 6.45) is -3.17. The van der Waals surface area contributed by atoms with E-state index in [4.69, 9.17) is 17.3 Å². The number of hydrogen-bond donors (Lipinski definition) is 1. The van der Waals surface area contributed by atoms with Crippen molar-refractivity contribution in [3.8, 4) is 0 Å². The van der Waals surface area contributed by atoms with Crippen LogP contribution in [0.15, 0.2) is 18.2 Å². The summed E-state index contributed by atoms with van der Waals surface area (Å²) in [4.78, 5) is 0. The molecule has 0 aliphatic carbocycles. The molecule has 0 unspecified atom stereocenters. The molecule has 14 heavy (non-hydrogen) atoms. The molecule has 0 fully saturated rings. The lowest BCUT2D eigenvalue weighted by molar-refractivity contribution is 0.128. The molecule has 1 nitrogen and oxygen atoms in total. The van der Waals surface area contributed by atoms with Crippen LogP contribution in [-0.4, -0.2) is 6.43 Å². The summed E-state index contributed by atoms with van der Waals surface area (Å²) in [6.45, 7) is 0. The zero-order valence-corrected chi connectivity index (χ0v) is 7.94. The molecule has 0 saturated heterocycles. The Balaban J connectivity index is 2.94. The molecule has 0 spiro atoms. The van der Waals surface area contributed by atoms with Crippen molar-refractivity contribution < 1.29 is 13.2 Å². The third-order valence-electron chi connectivity index (χ3n) is 1.80. The largest absolute Gasteiger partial charge is 0.324 e. The fraction of sp³-hybridized carbons (Fsp3) is 0.333. The molecule has 1 aromatic rings. The van der Waals surface area contributed by atoms with E-state index in [-0.39, 0.29) is 10.6 Å². The van der Waals surface area contributed by atoms with Crippen molar-refractivity contribution in [2.45, 2.75) is 18.9 Å². The van der Waals surface area contributed by atoms with Crippen LogP contribution in [0.3, 0.4) is 0 Å². The first kappa shape index (κ1) is 11.3. The lowest BCUT2D eigenvalue weighted by atomic mass is 10.0. The lowest BCUT2D eigenvalue weighted by Gasteiger charge is -2.13. The molecular formula is C9H9ClF3N. The summed E-state index contributed by atoms with van der Waals surface area (Å²) < 4.78 is 37.1. The van der Waals surface area contributed by atoms with E-state index in [9.17, 15) is 13.2 Å². The third kappa shape index (κ3) is 2.62. The Morgan fingerprint density at radius 2 is 2.00 bits per heavy atom. The zero-order valence-electron chi connectivity index (χ0n) is 7.18. The fourth-order valence-corrected chi connectivity index (χ4v) is 1.48. The van der Waals surface area contributed by atoms with Crippen molar-refractivity contribution in [2.75, 3.05) is 0 Å². The van der Waals surface area contributed by atoms with Crippen LogP contribution in [0.4, 0.5) is 13.2 Å². The highest BCUT2D eigenvalue weighted by atomic mass is 35.5. The normalized spacial score (nSPS) is 13.3. The monoisotopic (exact) mass is 223 g/mol. The highest BCUT2D eigenvalue weighted by Crippen LogP contribution is 2.27. The van der Waals surface area contributed by atoms with Gasteiger partial charge in [0.15, 0.2) is 0 Å². The first-order chi connectivity index (χ1) is 6.52. The Bertz CT molecular complexity index is 297. The second-order valence-corrected chi connectivity index (χ2v) is 3.28. The van der Waals surface area contributed by atoms with Gasteiger partial charge in [0.25, 0.3) is 0 Å². The lowest BCUT2D eigenvalue weighted by Crippen LogP contribution is -2.16. The maximum Gasteiger partial charge on any atom is 0.240 e. The van der Waals surface area contributed by atoms with Crippen molar-refractivity contribution in [3.63, 3.8) is 0 Å². The van der Waals surface area contributed by atoms with Gasteiger partial charge in [0.05, 0.1) is 0 Å². The number of alkyl halides is 2. The van der Waals surface area contributed by atoms with Gasteiger partial charge < -0.3 is 5.73 Å². The topological polar surface area (TPSA) is 26.0 Å². The predicted molar refractivity (Wildman–Crippen MR) is 49.0 cm³/mol. The summed E-state index contributed by atoms with van der Waals surface area (Å²) >= 11 is 5.64. The minimum Gasteiger partial charge on any atom is -0.324 e. The zero-order chi connectivity index (χ0) is 10.7. The van der Waals surface area contributed by atoms with Crippen molar-refractivity contribution in [1.29, 1.82) is 0 Å². The van der Waals surface area contributed by atoms with Gasteiger partial charge in [-0.3, -0.25) is 0 Å². The van der Waals surface area contributed by atoms with Gasteiger partial charge in [-0.2, -0.15) is 0 Å². The van der Waals surface area contributed by atoms with E-state index in [0.29, 0.717) is 0 Å². The third-order valence-corrected chi connectivity index (χ3v) is 2.13.